The first kappa shape index (κ1) is 14.5. The molecule has 1 fully saturated rings. The van der Waals surface area contributed by atoms with Crippen LogP contribution < -0.4 is 5.32 Å². The summed E-state index contributed by atoms with van der Waals surface area (Å²) in [6.45, 7) is 4.23. The Bertz CT molecular complexity index is 493. The second-order valence-electron chi connectivity index (χ2n) is 4.29. The molecule has 0 saturated carbocycles. The highest BCUT2D eigenvalue weighted by Gasteiger charge is 2.29. The van der Waals surface area contributed by atoms with Gasteiger partial charge >= 0.3 is 0 Å². The van der Waals surface area contributed by atoms with Crippen LogP contribution in [0, 0.1) is 0 Å². The Balaban J connectivity index is 2.05. The number of rotatable bonds is 4. The number of sulfonamides is 1. The maximum Gasteiger partial charge on any atom is 0.252 e. The fourth-order valence-corrected chi connectivity index (χ4v) is 5.79. The van der Waals surface area contributed by atoms with Crippen molar-refractivity contribution in [1.82, 2.24) is 9.62 Å². The molecule has 0 aromatic carbocycles. The van der Waals surface area contributed by atoms with Gasteiger partial charge in [-0.15, -0.1) is 11.3 Å². The van der Waals surface area contributed by atoms with E-state index < -0.39 is 10.0 Å². The van der Waals surface area contributed by atoms with Crippen molar-refractivity contribution >= 4 is 37.3 Å². The van der Waals surface area contributed by atoms with Crippen molar-refractivity contribution in [2.75, 3.05) is 19.6 Å². The Kier molecular flexibility index (Phi) is 4.82. The van der Waals surface area contributed by atoms with Crippen LogP contribution in [0.15, 0.2) is 20.1 Å². The SMILES string of the molecule is CCNC1CCN(S(=O)(=O)c2ccc(Br)s2)CC1. The normalized spacial score (nSPS) is 19.2. The number of nitrogens with zero attached hydrogens (tertiary/aromatic N) is 1. The van der Waals surface area contributed by atoms with E-state index >= 15 is 0 Å². The predicted molar refractivity (Wildman–Crippen MR) is 77.5 cm³/mol. The summed E-state index contributed by atoms with van der Waals surface area (Å²) in [7, 11) is -3.29. The first-order valence-corrected chi connectivity index (χ1v) is 9.08. The zero-order chi connectivity index (χ0) is 13.2. The van der Waals surface area contributed by atoms with Crippen LogP contribution in [0.25, 0.3) is 0 Å². The lowest BCUT2D eigenvalue weighted by atomic mass is 10.1. The van der Waals surface area contributed by atoms with Gasteiger partial charge in [-0.2, -0.15) is 4.31 Å². The highest BCUT2D eigenvalue weighted by Crippen LogP contribution is 2.29. The maximum atomic E-state index is 12.4. The lowest BCUT2D eigenvalue weighted by molar-refractivity contribution is 0.293. The molecule has 2 heterocycles. The number of hydrogen-bond donors (Lipinski definition) is 1. The molecule has 0 amide bonds. The first-order valence-electron chi connectivity index (χ1n) is 6.03. The van der Waals surface area contributed by atoms with Crippen LogP contribution >= 0.6 is 27.3 Å². The van der Waals surface area contributed by atoms with Gasteiger partial charge in [-0.3, -0.25) is 0 Å². The standard InChI is InChI=1S/C11H17BrN2O2S2/c1-2-13-9-5-7-14(8-6-9)18(15,16)11-4-3-10(12)17-11/h3-4,9,13H,2,5-8H2,1H3. The molecule has 1 N–H and O–H groups in total. The third-order valence-corrected chi connectivity index (χ3v) is 7.08. The molecule has 0 spiro atoms. The van der Waals surface area contributed by atoms with E-state index in [4.69, 9.17) is 0 Å². The van der Waals surface area contributed by atoms with Gasteiger partial charge in [0.15, 0.2) is 0 Å². The summed E-state index contributed by atoms with van der Waals surface area (Å²) >= 11 is 4.58. The molecule has 0 unspecified atom stereocenters. The summed E-state index contributed by atoms with van der Waals surface area (Å²) in [6.07, 6.45) is 1.78. The second-order valence-corrected chi connectivity index (χ2v) is 8.92. The molecule has 1 aromatic heterocycles. The van der Waals surface area contributed by atoms with Crippen molar-refractivity contribution in [3.63, 3.8) is 0 Å². The highest BCUT2D eigenvalue weighted by atomic mass is 79.9. The predicted octanol–water partition coefficient (Wildman–Crippen LogP) is 2.27. The van der Waals surface area contributed by atoms with Gasteiger partial charge < -0.3 is 5.32 Å². The first-order chi connectivity index (χ1) is 8.54. The van der Waals surface area contributed by atoms with Crippen LogP contribution in [0.5, 0.6) is 0 Å². The quantitative estimate of drug-likeness (QED) is 0.904. The molecule has 4 nitrogen and oxygen atoms in total. The van der Waals surface area contributed by atoms with Crippen molar-refractivity contribution in [2.45, 2.75) is 30.0 Å². The minimum Gasteiger partial charge on any atom is -0.314 e. The minimum absolute atomic E-state index is 0.427. The minimum atomic E-state index is -3.29. The number of piperidine rings is 1. The van der Waals surface area contributed by atoms with Crippen LogP contribution in [0.1, 0.15) is 19.8 Å². The number of hydrogen-bond acceptors (Lipinski definition) is 4. The van der Waals surface area contributed by atoms with Crippen LogP contribution in [-0.4, -0.2) is 38.4 Å². The smallest absolute Gasteiger partial charge is 0.252 e. The number of nitrogens with one attached hydrogen (secondary N) is 1. The van der Waals surface area contributed by atoms with E-state index in [2.05, 4.69) is 28.2 Å². The van der Waals surface area contributed by atoms with E-state index in [0.29, 0.717) is 23.3 Å². The van der Waals surface area contributed by atoms with Crippen molar-refractivity contribution in [3.8, 4) is 0 Å². The average Bonchev–Trinajstić information content (AvgIpc) is 2.78. The summed E-state index contributed by atoms with van der Waals surface area (Å²) in [5.74, 6) is 0. The molecular formula is C11H17BrN2O2S2. The van der Waals surface area contributed by atoms with Gasteiger partial charge in [-0.1, -0.05) is 6.92 Å². The van der Waals surface area contributed by atoms with E-state index in [1.807, 2.05) is 0 Å². The fraction of sp³-hybridized carbons (Fsp3) is 0.636. The molecule has 0 aliphatic carbocycles. The molecule has 1 aliphatic rings. The van der Waals surface area contributed by atoms with Gasteiger partial charge in [-0.05, 0) is 47.4 Å². The van der Waals surface area contributed by atoms with E-state index in [9.17, 15) is 8.42 Å². The molecule has 1 aromatic rings. The summed E-state index contributed by atoms with van der Waals surface area (Å²) in [5.41, 5.74) is 0. The van der Waals surface area contributed by atoms with Crippen molar-refractivity contribution in [3.05, 3.63) is 15.9 Å². The Labute approximate surface area is 121 Å². The van der Waals surface area contributed by atoms with Crippen molar-refractivity contribution in [1.29, 1.82) is 0 Å². The average molecular weight is 353 g/mol. The Morgan fingerprint density at radius 2 is 2.11 bits per heavy atom. The third kappa shape index (κ3) is 3.14. The summed E-state index contributed by atoms with van der Waals surface area (Å²) in [5, 5.41) is 3.37. The summed E-state index contributed by atoms with van der Waals surface area (Å²) in [4.78, 5) is 0. The molecule has 0 atom stereocenters. The van der Waals surface area contributed by atoms with Gasteiger partial charge in [-0.25, -0.2) is 8.42 Å². The van der Waals surface area contributed by atoms with Crippen LogP contribution in [-0.2, 0) is 10.0 Å². The van der Waals surface area contributed by atoms with Gasteiger partial charge in [0, 0.05) is 19.1 Å². The molecule has 2 rings (SSSR count). The zero-order valence-corrected chi connectivity index (χ0v) is 13.4. The zero-order valence-electron chi connectivity index (χ0n) is 10.2. The largest absolute Gasteiger partial charge is 0.314 e. The van der Waals surface area contributed by atoms with Crippen molar-refractivity contribution in [2.24, 2.45) is 0 Å². The van der Waals surface area contributed by atoms with E-state index in [0.717, 1.165) is 23.2 Å². The number of thiophene rings is 1. The van der Waals surface area contributed by atoms with Gasteiger partial charge in [0.05, 0.1) is 3.79 Å². The summed E-state index contributed by atoms with van der Waals surface area (Å²) < 4.78 is 27.6. The maximum absolute atomic E-state index is 12.4. The van der Waals surface area contributed by atoms with Gasteiger partial charge in [0.1, 0.15) is 4.21 Å². The molecule has 102 valence electrons. The van der Waals surface area contributed by atoms with E-state index in [1.54, 1.807) is 16.4 Å². The molecule has 7 heteroatoms. The third-order valence-electron chi connectivity index (χ3n) is 3.09. The van der Waals surface area contributed by atoms with Gasteiger partial charge in [0.25, 0.3) is 10.0 Å². The van der Waals surface area contributed by atoms with Crippen molar-refractivity contribution < 1.29 is 8.42 Å². The second kappa shape index (κ2) is 6.00. The molecule has 18 heavy (non-hydrogen) atoms. The monoisotopic (exact) mass is 352 g/mol. The molecular weight excluding hydrogens is 336 g/mol. The van der Waals surface area contributed by atoms with E-state index in [-0.39, 0.29) is 0 Å². The fourth-order valence-electron chi connectivity index (χ4n) is 2.15. The molecule has 0 bridgehead atoms. The molecule has 1 aliphatic heterocycles. The highest BCUT2D eigenvalue weighted by molar-refractivity contribution is 9.11. The van der Waals surface area contributed by atoms with Crippen LogP contribution in [0.2, 0.25) is 0 Å². The Morgan fingerprint density at radius 1 is 1.44 bits per heavy atom. The lowest BCUT2D eigenvalue weighted by Crippen LogP contribution is -2.44. The Hall–Kier alpha value is 0.0500. The molecule has 0 radical (unpaired) electrons. The topological polar surface area (TPSA) is 49.4 Å². The lowest BCUT2D eigenvalue weighted by Gasteiger charge is -2.31. The van der Waals surface area contributed by atoms with E-state index in [1.165, 1.54) is 11.3 Å². The molecule has 1 saturated heterocycles. The Morgan fingerprint density at radius 3 is 2.61 bits per heavy atom. The van der Waals surface area contributed by atoms with Gasteiger partial charge in [0.2, 0.25) is 0 Å². The van der Waals surface area contributed by atoms with Crippen LogP contribution in [0.3, 0.4) is 0 Å². The summed E-state index contributed by atoms with van der Waals surface area (Å²) in [6, 6.07) is 3.90. The number of halogens is 1. The van der Waals surface area contributed by atoms with Crippen LogP contribution in [0.4, 0.5) is 0 Å².